The topological polar surface area (TPSA) is 60.2 Å². The van der Waals surface area contributed by atoms with Gasteiger partial charge in [-0.15, -0.1) is 0 Å². The Hall–Kier alpha value is -1.65. The molecule has 1 atom stereocenters. The SMILES string of the molecule is Cc1ccc([C@@H](N)c2cccc(S(C)(=O)=O)c2)c(C)c1. The summed E-state index contributed by atoms with van der Waals surface area (Å²) in [6.07, 6.45) is 1.20. The molecular formula is C16H19NO2S. The third-order valence-corrected chi connectivity index (χ3v) is 4.52. The Morgan fingerprint density at radius 1 is 1.05 bits per heavy atom. The zero-order valence-corrected chi connectivity index (χ0v) is 12.7. The smallest absolute Gasteiger partial charge is 0.175 e. The molecule has 0 bridgehead atoms. The number of aryl methyl sites for hydroxylation is 2. The van der Waals surface area contributed by atoms with E-state index in [-0.39, 0.29) is 6.04 Å². The number of rotatable bonds is 3. The lowest BCUT2D eigenvalue weighted by Crippen LogP contribution is -2.14. The lowest BCUT2D eigenvalue weighted by atomic mass is 9.95. The van der Waals surface area contributed by atoms with Crippen molar-refractivity contribution >= 4 is 9.84 Å². The summed E-state index contributed by atoms with van der Waals surface area (Å²) in [7, 11) is -3.21. The first kappa shape index (κ1) is 14.8. The summed E-state index contributed by atoms with van der Waals surface area (Å²) >= 11 is 0. The predicted molar refractivity (Wildman–Crippen MR) is 81.5 cm³/mol. The zero-order valence-electron chi connectivity index (χ0n) is 11.9. The van der Waals surface area contributed by atoms with Crippen molar-refractivity contribution < 1.29 is 8.42 Å². The molecule has 2 aromatic rings. The molecular weight excluding hydrogens is 270 g/mol. The molecule has 0 spiro atoms. The third-order valence-electron chi connectivity index (χ3n) is 3.41. The molecule has 106 valence electrons. The van der Waals surface area contributed by atoms with Gasteiger partial charge in [-0.1, -0.05) is 35.9 Å². The Bertz CT molecular complexity index is 736. The van der Waals surface area contributed by atoms with Gasteiger partial charge in [0.25, 0.3) is 0 Å². The molecule has 0 aliphatic rings. The second-order valence-electron chi connectivity index (χ2n) is 5.18. The summed E-state index contributed by atoms with van der Waals surface area (Å²) in [6.45, 7) is 4.05. The summed E-state index contributed by atoms with van der Waals surface area (Å²) < 4.78 is 23.2. The average molecular weight is 289 g/mol. The van der Waals surface area contributed by atoms with Crippen LogP contribution in [0.1, 0.15) is 28.3 Å². The van der Waals surface area contributed by atoms with Gasteiger partial charge >= 0.3 is 0 Å². The van der Waals surface area contributed by atoms with Crippen LogP contribution in [0.3, 0.4) is 0 Å². The van der Waals surface area contributed by atoms with Gasteiger partial charge in [-0.05, 0) is 42.7 Å². The van der Waals surface area contributed by atoms with E-state index in [2.05, 4.69) is 6.07 Å². The van der Waals surface area contributed by atoms with Gasteiger partial charge in [-0.2, -0.15) is 0 Å². The molecule has 0 aliphatic carbocycles. The van der Waals surface area contributed by atoms with E-state index in [0.29, 0.717) is 4.90 Å². The molecule has 0 aromatic heterocycles. The van der Waals surface area contributed by atoms with E-state index in [1.807, 2.05) is 32.0 Å². The summed E-state index contributed by atoms with van der Waals surface area (Å²) in [6, 6.07) is 12.6. The van der Waals surface area contributed by atoms with Crippen LogP contribution in [0.4, 0.5) is 0 Å². The van der Waals surface area contributed by atoms with Gasteiger partial charge in [0, 0.05) is 6.26 Å². The molecule has 0 aliphatic heterocycles. The molecule has 0 radical (unpaired) electrons. The highest BCUT2D eigenvalue weighted by molar-refractivity contribution is 7.90. The molecule has 0 fully saturated rings. The molecule has 0 heterocycles. The maximum atomic E-state index is 11.6. The van der Waals surface area contributed by atoms with Gasteiger partial charge < -0.3 is 5.73 Å². The number of nitrogens with two attached hydrogens (primary N) is 1. The van der Waals surface area contributed by atoms with Crippen molar-refractivity contribution in [3.63, 3.8) is 0 Å². The maximum absolute atomic E-state index is 11.6. The second-order valence-corrected chi connectivity index (χ2v) is 7.20. The lowest BCUT2D eigenvalue weighted by molar-refractivity contribution is 0.601. The predicted octanol–water partition coefficient (Wildman–Crippen LogP) is 2.76. The Labute approximate surface area is 120 Å². The van der Waals surface area contributed by atoms with Crippen LogP contribution in [0.25, 0.3) is 0 Å². The minimum absolute atomic E-state index is 0.301. The fraction of sp³-hybridized carbons (Fsp3) is 0.250. The quantitative estimate of drug-likeness (QED) is 0.945. The summed E-state index contributed by atoms with van der Waals surface area (Å²) in [4.78, 5) is 0.301. The van der Waals surface area contributed by atoms with Crippen LogP contribution in [-0.4, -0.2) is 14.7 Å². The van der Waals surface area contributed by atoms with Crippen molar-refractivity contribution in [1.82, 2.24) is 0 Å². The molecule has 2 aromatic carbocycles. The molecule has 2 N–H and O–H groups in total. The molecule has 0 unspecified atom stereocenters. The average Bonchev–Trinajstić information content (AvgIpc) is 2.37. The molecule has 0 saturated carbocycles. The van der Waals surface area contributed by atoms with Crippen LogP contribution >= 0.6 is 0 Å². The minimum atomic E-state index is -3.21. The van der Waals surface area contributed by atoms with Crippen LogP contribution in [0.2, 0.25) is 0 Å². The highest BCUT2D eigenvalue weighted by Crippen LogP contribution is 2.25. The first-order valence-electron chi connectivity index (χ1n) is 6.42. The van der Waals surface area contributed by atoms with E-state index >= 15 is 0 Å². The van der Waals surface area contributed by atoms with E-state index in [1.54, 1.807) is 18.2 Å². The van der Waals surface area contributed by atoms with Gasteiger partial charge in [-0.3, -0.25) is 0 Å². The molecule has 4 heteroatoms. The molecule has 0 amide bonds. The summed E-state index contributed by atoms with van der Waals surface area (Å²) in [5, 5.41) is 0. The van der Waals surface area contributed by atoms with E-state index in [1.165, 1.54) is 11.8 Å². The lowest BCUT2D eigenvalue weighted by Gasteiger charge is -2.16. The fourth-order valence-corrected chi connectivity index (χ4v) is 2.97. The highest BCUT2D eigenvalue weighted by atomic mass is 32.2. The minimum Gasteiger partial charge on any atom is -0.320 e. The van der Waals surface area contributed by atoms with Crippen LogP contribution < -0.4 is 5.73 Å². The van der Waals surface area contributed by atoms with Gasteiger partial charge in [0.2, 0.25) is 0 Å². The largest absolute Gasteiger partial charge is 0.320 e. The highest BCUT2D eigenvalue weighted by Gasteiger charge is 2.14. The molecule has 2 rings (SSSR count). The zero-order chi connectivity index (χ0) is 14.9. The first-order chi connectivity index (χ1) is 9.29. The van der Waals surface area contributed by atoms with Crippen molar-refractivity contribution in [2.45, 2.75) is 24.8 Å². The number of benzene rings is 2. The Kier molecular flexibility index (Phi) is 3.97. The number of hydrogen-bond acceptors (Lipinski definition) is 3. The number of sulfone groups is 1. The van der Waals surface area contributed by atoms with Crippen LogP contribution in [0, 0.1) is 13.8 Å². The Morgan fingerprint density at radius 3 is 2.35 bits per heavy atom. The van der Waals surface area contributed by atoms with Gasteiger partial charge in [0.1, 0.15) is 0 Å². The first-order valence-corrected chi connectivity index (χ1v) is 8.31. The van der Waals surface area contributed by atoms with Crippen molar-refractivity contribution in [3.05, 3.63) is 64.7 Å². The van der Waals surface area contributed by atoms with Crippen LogP contribution in [0.15, 0.2) is 47.4 Å². The van der Waals surface area contributed by atoms with Gasteiger partial charge in [0.05, 0.1) is 10.9 Å². The standard InChI is InChI=1S/C16H19NO2S/c1-11-7-8-15(12(2)9-11)16(17)13-5-4-6-14(10-13)20(3,18)19/h4-10,16H,17H2,1-3H3/t16-/m0/s1. The Morgan fingerprint density at radius 2 is 1.75 bits per heavy atom. The second kappa shape index (κ2) is 5.38. The monoisotopic (exact) mass is 289 g/mol. The van der Waals surface area contributed by atoms with Crippen LogP contribution in [0.5, 0.6) is 0 Å². The summed E-state index contributed by atoms with van der Waals surface area (Å²) in [5.74, 6) is 0. The van der Waals surface area contributed by atoms with E-state index in [0.717, 1.165) is 16.7 Å². The normalized spacial score (nSPS) is 13.2. The van der Waals surface area contributed by atoms with E-state index in [9.17, 15) is 8.42 Å². The fourth-order valence-electron chi connectivity index (χ4n) is 2.29. The molecule has 0 saturated heterocycles. The van der Waals surface area contributed by atoms with Crippen molar-refractivity contribution in [1.29, 1.82) is 0 Å². The molecule has 3 nitrogen and oxygen atoms in total. The van der Waals surface area contributed by atoms with Crippen LogP contribution in [-0.2, 0) is 9.84 Å². The van der Waals surface area contributed by atoms with E-state index in [4.69, 9.17) is 5.73 Å². The molecule has 20 heavy (non-hydrogen) atoms. The van der Waals surface area contributed by atoms with Crippen molar-refractivity contribution in [3.8, 4) is 0 Å². The van der Waals surface area contributed by atoms with Crippen molar-refractivity contribution in [2.75, 3.05) is 6.26 Å². The third kappa shape index (κ3) is 3.08. The van der Waals surface area contributed by atoms with E-state index < -0.39 is 9.84 Å². The summed E-state index contributed by atoms with van der Waals surface area (Å²) in [5.41, 5.74) is 10.4. The van der Waals surface area contributed by atoms with Gasteiger partial charge in [-0.25, -0.2) is 8.42 Å². The Balaban J connectivity index is 2.46. The maximum Gasteiger partial charge on any atom is 0.175 e. The van der Waals surface area contributed by atoms with Gasteiger partial charge in [0.15, 0.2) is 9.84 Å². The number of hydrogen-bond donors (Lipinski definition) is 1. The van der Waals surface area contributed by atoms with Crippen molar-refractivity contribution in [2.24, 2.45) is 5.73 Å².